The van der Waals surface area contributed by atoms with Crippen LogP contribution in [0.4, 0.5) is 0 Å². The van der Waals surface area contributed by atoms with E-state index in [4.69, 9.17) is 4.74 Å². The van der Waals surface area contributed by atoms with Gasteiger partial charge in [-0.1, -0.05) is 37.3 Å². The molecule has 1 aromatic rings. The molecular weight excluding hydrogens is 312 g/mol. The fraction of sp³-hybridized carbons (Fsp3) is 0.611. The number of halogens is 1. The number of benzene rings is 1. The van der Waals surface area contributed by atoms with Crippen molar-refractivity contribution in [2.24, 2.45) is 11.8 Å². The van der Waals surface area contributed by atoms with E-state index in [2.05, 4.69) is 38.2 Å². The van der Waals surface area contributed by atoms with E-state index in [1.807, 2.05) is 23.1 Å². The van der Waals surface area contributed by atoms with E-state index in [-0.39, 0.29) is 35.9 Å². The highest BCUT2D eigenvalue weighted by molar-refractivity contribution is 5.85. The molecule has 2 heterocycles. The Kier molecular flexibility index (Phi) is 5.71. The number of carbonyl (C=O) groups excluding carboxylic acids is 1. The number of morpholine rings is 1. The van der Waals surface area contributed by atoms with Crippen molar-refractivity contribution in [3.8, 4) is 0 Å². The molecule has 128 valence electrons. The van der Waals surface area contributed by atoms with Crippen LogP contribution in [0.5, 0.6) is 0 Å². The molecule has 2 aliphatic rings. The topological polar surface area (TPSA) is 41.6 Å². The van der Waals surface area contributed by atoms with E-state index in [9.17, 15) is 4.79 Å². The van der Waals surface area contributed by atoms with Gasteiger partial charge in [0.25, 0.3) is 0 Å². The summed E-state index contributed by atoms with van der Waals surface area (Å²) in [6.07, 6.45) is -0.0232. The zero-order valence-corrected chi connectivity index (χ0v) is 14.9. The second-order valence-corrected chi connectivity index (χ2v) is 7.18. The van der Waals surface area contributed by atoms with E-state index < -0.39 is 0 Å². The second kappa shape index (κ2) is 7.20. The third-order valence-electron chi connectivity index (χ3n) is 5.06. The molecule has 1 amide bonds. The Bertz CT molecular complexity index is 531. The van der Waals surface area contributed by atoms with Crippen molar-refractivity contribution >= 4 is 18.3 Å². The first-order valence-electron chi connectivity index (χ1n) is 8.18. The molecule has 0 spiro atoms. The summed E-state index contributed by atoms with van der Waals surface area (Å²) >= 11 is 0. The van der Waals surface area contributed by atoms with E-state index in [0.717, 1.165) is 18.7 Å². The average molecular weight is 339 g/mol. The Labute approximate surface area is 145 Å². The highest BCUT2D eigenvalue weighted by atomic mass is 35.5. The molecule has 2 atom stereocenters. The Morgan fingerprint density at radius 3 is 2.52 bits per heavy atom. The van der Waals surface area contributed by atoms with Crippen LogP contribution in [0.1, 0.15) is 32.4 Å². The number of rotatable bonds is 3. The summed E-state index contributed by atoms with van der Waals surface area (Å²) in [5, 5.41) is 3.26. The fourth-order valence-corrected chi connectivity index (χ4v) is 3.22. The van der Waals surface area contributed by atoms with Gasteiger partial charge in [0.05, 0.1) is 18.7 Å². The summed E-state index contributed by atoms with van der Waals surface area (Å²) < 4.78 is 6.03. The Morgan fingerprint density at radius 2 is 1.96 bits per heavy atom. The maximum absolute atomic E-state index is 13.0. The lowest BCUT2D eigenvalue weighted by molar-refractivity contribution is -0.160. The summed E-state index contributed by atoms with van der Waals surface area (Å²) in [6, 6.07) is 10.2. The number of hydrogen-bond acceptors (Lipinski definition) is 3. The fourth-order valence-electron chi connectivity index (χ4n) is 3.22. The number of hydrogen-bond donors (Lipinski definition) is 1. The van der Waals surface area contributed by atoms with Crippen LogP contribution in [0.2, 0.25) is 0 Å². The van der Waals surface area contributed by atoms with Gasteiger partial charge >= 0.3 is 0 Å². The van der Waals surface area contributed by atoms with Crippen LogP contribution in [0, 0.1) is 11.8 Å². The third-order valence-corrected chi connectivity index (χ3v) is 5.06. The summed E-state index contributed by atoms with van der Waals surface area (Å²) in [6.45, 7) is 9.39. The predicted molar refractivity (Wildman–Crippen MR) is 93.7 cm³/mol. The Morgan fingerprint density at radius 1 is 1.30 bits per heavy atom. The van der Waals surface area contributed by atoms with Crippen molar-refractivity contribution < 1.29 is 9.53 Å². The van der Waals surface area contributed by atoms with Crippen LogP contribution in [-0.4, -0.2) is 42.6 Å². The maximum atomic E-state index is 13.0. The van der Waals surface area contributed by atoms with Crippen molar-refractivity contribution in [2.75, 3.05) is 26.2 Å². The van der Waals surface area contributed by atoms with Crippen LogP contribution >= 0.6 is 12.4 Å². The molecule has 5 heteroatoms. The number of carbonyl (C=O) groups is 1. The molecule has 0 aliphatic carbocycles. The summed E-state index contributed by atoms with van der Waals surface area (Å²) in [4.78, 5) is 15.0. The SMILES string of the molecule is CC(C(=O)N1CC(c2ccccc2)OCC1(C)C)C1CNC1.Cl. The Hall–Kier alpha value is -1.10. The predicted octanol–water partition coefficient (Wildman–Crippen LogP) is 2.64. The van der Waals surface area contributed by atoms with Crippen LogP contribution < -0.4 is 5.32 Å². The van der Waals surface area contributed by atoms with Crippen molar-refractivity contribution in [2.45, 2.75) is 32.4 Å². The van der Waals surface area contributed by atoms with Crippen LogP contribution in [-0.2, 0) is 9.53 Å². The standard InChI is InChI=1S/C18H26N2O2.ClH/c1-13(15-9-19-10-15)17(21)20-11-16(22-12-18(20,2)3)14-7-5-4-6-8-14;/h4-8,13,15-16,19H,9-12H2,1-3H3;1H. The highest BCUT2D eigenvalue weighted by Crippen LogP contribution is 2.32. The molecule has 0 aromatic heterocycles. The molecule has 0 saturated carbocycles. The first kappa shape index (κ1) is 18.2. The van der Waals surface area contributed by atoms with Gasteiger partial charge in [-0.25, -0.2) is 0 Å². The molecule has 1 aromatic carbocycles. The monoisotopic (exact) mass is 338 g/mol. The minimum atomic E-state index is -0.242. The number of amides is 1. The first-order chi connectivity index (χ1) is 10.5. The molecule has 2 unspecified atom stereocenters. The third kappa shape index (κ3) is 3.70. The minimum Gasteiger partial charge on any atom is -0.369 e. The average Bonchev–Trinajstić information content (AvgIpc) is 2.45. The molecule has 0 radical (unpaired) electrons. The molecule has 1 N–H and O–H groups in total. The van der Waals surface area contributed by atoms with Crippen molar-refractivity contribution in [1.82, 2.24) is 10.2 Å². The van der Waals surface area contributed by atoms with E-state index >= 15 is 0 Å². The van der Waals surface area contributed by atoms with Gasteiger partial charge in [-0.3, -0.25) is 4.79 Å². The molecule has 2 fully saturated rings. The van der Waals surface area contributed by atoms with Gasteiger partial charge in [-0.2, -0.15) is 0 Å². The molecule has 3 rings (SSSR count). The van der Waals surface area contributed by atoms with Gasteiger partial charge < -0.3 is 15.0 Å². The van der Waals surface area contributed by atoms with Gasteiger partial charge in [0.2, 0.25) is 5.91 Å². The molecular formula is C18H27ClN2O2. The van der Waals surface area contributed by atoms with Gasteiger partial charge in [0, 0.05) is 5.92 Å². The smallest absolute Gasteiger partial charge is 0.226 e. The van der Waals surface area contributed by atoms with E-state index in [0.29, 0.717) is 19.1 Å². The van der Waals surface area contributed by atoms with Gasteiger partial charge in [0.15, 0.2) is 0 Å². The molecule has 23 heavy (non-hydrogen) atoms. The van der Waals surface area contributed by atoms with Gasteiger partial charge in [0.1, 0.15) is 6.10 Å². The quantitative estimate of drug-likeness (QED) is 0.921. The van der Waals surface area contributed by atoms with E-state index in [1.54, 1.807) is 0 Å². The lowest BCUT2D eigenvalue weighted by Gasteiger charge is -2.47. The summed E-state index contributed by atoms with van der Waals surface area (Å²) in [5.41, 5.74) is 0.905. The number of nitrogens with one attached hydrogen (secondary N) is 1. The first-order valence-corrected chi connectivity index (χ1v) is 8.18. The van der Waals surface area contributed by atoms with Gasteiger partial charge in [-0.15, -0.1) is 12.4 Å². The highest BCUT2D eigenvalue weighted by Gasteiger charge is 2.42. The molecule has 0 bridgehead atoms. The largest absolute Gasteiger partial charge is 0.369 e. The van der Waals surface area contributed by atoms with Crippen LogP contribution in [0.25, 0.3) is 0 Å². The zero-order chi connectivity index (χ0) is 15.7. The van der Waals surface area contributed by atoms with Crippen molar-refractivity contribution in [3.05, 3.63) is 35.9 Å². The number of ether oxygens (including phenoxy) is 1. The lowest BCUT2D eigenvalue weighted by Crippen LogP contribution is -2.59. The Balaban J connectivity index is 0.00000192. The van der Waals surface area contributed by atoms with Crippen molar-refractivity contribution in [1.29, 1.82) is 0 Å². The molecule has 2 aliphatic heterocycles. The van der Waals surface area contributed by atoms with Crippen LogP contribution in [0.15, 0.2) is 30.3 Å². The number of nitrogens with zero attached hydrogens (tertiary/aromatic N) is 1. The van der Waals surface area contributed by atoms with Crippen molar-refractivity contribution in [3.63, 3.8) is 0 Å². The summed E-state index contributed by atoms with van der Waals surface area (Å²) in [7, 11) is 0. The van der Waals surface area contributed by atoms with E-state index in [1.165, 1.54) is 0 Å². The second-order valence-electron chi connectivity index (χ2n) is 7.18. The minimum absolute atomic E-state index is 0. The van der Waals surface area contributed by atoms with Gasteiger partial charge in [-0.05, 0) is 38.4 Å². The summed E-state index contributed by atoms with van der Waals surface area (Å²) in [5.74, 6) is 0.817. The lowest BCUT2D eigenvalue weighted by atomic mass is 9.86. The molecule has 2 saturated heterocycles. The maximum Gasteiger partial charge on any atom is 0.226 e. The van der Waals surface area contributed by atoms with Crippen LogP contribution in [0.3, 0.4) is 0 Å². The zero-order valence-electron chi connectivity index (χ0n) is 14.1. The molecule has 4 nitrogen and oxygen atoms in total. The normalized spacial score (nSPS) is 25.2.